The summed E-state index contributed by atoms with van der Waals surface area (Å²) in [5, 5.41) is 0. The molecule has 5 aromatic carbocycles. The number of carbonyl (C=O) groups excluding carboxylic acids is 4. The van der Waals surface area contributed by atoms with Gasteiger partial charge in [0.2, 0.25) is 0 Å². The van der Waals surface area contributed by atoms with Crippen LogP contribution >= 0.6 is 0 Å². The Balaban J connectivity index is 1.01. The molecule has 5 aromatic rings. The average molecular weight is 875 g/mol. The summed E-state index contributed by atoms with van der Waals surface area (Å²) in [6.45, 7) is 5.40. The van der Waals surface area contributed by atoms with Gasteiger partial charge in [0, 0.05) is 6.07 Å². The molecule has 5 rings (SSSR count). The molecule has 0 saturated carbocycles. The third kappa shape index (κ3) is 16.7. The Hall–Kier alpha value is -6.49. The topological polar surface area (TPSA) is 124 Å². The van der Waals surface area contributed by atoms with E-state index in [1.165, 1.54) is 130 Å². The molecule has 0 aliphatic carbocycles. The lowest BCUT2D eigenvalue weighted by molar-refractivity contribution is 0.0723. The van der Waals surface area contributed by atoms with Gasteiger partial charge in [0.05, 0.1) is 35.5 Å². The van der Waals surface area contributed by atoms with Gasteiger partial charge < -0.3 is 28.4 Å². The standard InChI is InChI=1S/C53H59FO10/c1-3-5-7-9-10-11-12-13-15-16-35-59-43-28-21-39(22-29-43)50(55)61-44-30-23-40(24-31-44)51(56)63-46-19-18-20-47(38-46)64-52(57)41-25-32-45(33-26-41)62-53(58)42-27-34-49(48(54)37-42)60-36-17-14-8-6-4-2/h18-34,37-38H,3-17,35-36H2,1-2H3. The summed E-state index contributed by atoms with van der Waals surface area (Å²) in [6.07, 6.45) is 17.8. The fourth-order valence-corrected chi connectivity index (χ4v) is 6.68. The number of carbonyl (C=O) groups is 4. The van der Waals surface area contributed by atoms with E-state index in [2.05, 4.69) is 13.8 Å². The number of unbranched alkanes of at least 4 members (excludes halogenated alkanes) is 13. The van der Waals surface area contributed by atoms with E-state index in [-0.39, 0.29) is 45.4 Å². The molecule has 0 bridgehead atoms. The first-order chi connectivity index (χ1) is 31.2. The maximum Gasteiger partial charge on any atom is 0.343 e. The Morgan fingerprint density at radius 2 is 0.734 bits per heavy atom. The first-order valence-corrected chi connectivity index (χ1v) is 22.6. The molecule has 0 unspecified atom stereocenters. The summed E-state index contributed by atoms with van der Waals surface area (Å²) in [4.78, 5) is 51.4. The van der Waals surface area contributed by atoms with Crippen molar-refractivity contribution in [1.29, 1.82) is 0 Å². The monoisotopic (exact) mass is 874 g/mol. The van der Waals surface area contributed by atoms with E-state index in [9.17, 15) is 23.6 Å². The van der Waals surface area contributed by atoms with Gasteiger partial charge in [-0.25, -0.2) is 23.6 Å². The fourth-order valence-electron chi connectivity index (χ4n) is 6.68. The fraction of sp³-hybridized carbons (Fsp3) is 0.358. The van der Waals surface area contributed by atoms with Crippen LogP contribution in [0.2, 0.25) is 0 Å². The Bertz CT molecular complexity index is 2220. The quantitative estimate of drug-likeness (QED) is 0.0286. The third-order valence-electron chi connectivity index (χ3n) is 10.4. The van der Waals surface area contributed by atoms with Gasteiger partial charge in [-0.05, 0) is 116 Å². The molecule has 0 N–H and O–H groups in total. The van der Waals surface area contributed by atoms with Gasteiger partial charge in [-0.1, -0.05) is 103 Å². The van der Waals surface area contributed by atoms with Crippen LogP contribution in [0.4, 0.5) is 4.39 Å². The second kappa shape index (κ2) is 26.9. The summed E-state index contributed by atoms with van der Waals surface area (Å²) >= 11 is 0. The lowest BCUT2D eigenvalue weighted by Gasteiger charge is -2.10. The highest BCUT2D eigenvalue weighted by Gasteiger charge is 2.16. The maximum atomic E-state index is 14.6. The lowest BCUT2D eigenvalue weighted by Crippen LogP contribution is -2.11. The Labute approximate surface area is 376 Å². The molecule has 0 aliphatic rings. The maximum absolute atomic E-state index is 14.6. The van der Waals surface area contributed by atoms with Crippen LogP contribution in [0.5, 0.6) is 34.5 Å². The Kier molecular flexibility index (Phi) is 20.4. The van der Waals surface area contributed by atoms with Crippen LogP contribution in [0.1, 0.15) is 152 Å². The number of rotatable bonds is 27. The smallest absolute Gasteiger partial charge is 0.343 e. The van der Waals surface area contributed by atoms with Crippen LogP contribution in [0.15, 0.2) is 115 Å². The van der Waals surface area contributed by atoms with Gasteiger partial charge >= 0.3 is 23.9 Å². The summed E-state index contributed by atoms with van der Waals surface area (Å²) in [7, 11) is 0. The number of hydrogen-bond donors (Lipinski definition) is 0. The molecule has 0 amide bonds. The molecule has 64 heavy (non-hydrogen) atoms. The lowest BCUT2D eigenvalue weighted by atomic mass is 10.1. The molecular weight excluding hydrogens is 816 g/mol. The van der Waals surface area contributed by atoms with Crippen LogP contribution in [0.25, 0.3) is 0 Å². The van der Waals surface area contributed by atoms with Gasteiger partial charge in [0.15, 0.2) is 11.6 Å². The molecule has 0 radical (unpaired) electrons. The highest BCUT2D eigenvalue weighted by Crippen LogP contribution is 2.25. The molecule has 0 fully saturated rings. The Morgan fingerprint density at radius 1 is 0.375 bits per heavy atom. The predicted molar refractivity (Wildman–Crippen MR) is 244 cm³/mol. The summed E-state index contributed by atoms with van der Waals surface area (Å²) in [6, 6.07) is 28.3. The van der Waals surface area contributed by atoms with Crippen LogP contribution in [-0.4, -0.2) is 37.1 Å². The van der Waals surface area contributed by atoms with Crippen LogP contribution in [0.3, 0.4) is 0 Å². The molecule has 10 nitrogen and oxygen atoms in total. The van der Waals surface area contributed by atoms with Crippen molar-refractivity contribution in [1.82, 2.24) is 0 Å². The number of benzene rings is 5. The second-order valence-electron chi connectivity index (χ2n) is 15.5. The summed E-state index contributed by atoms with van der Waals surface area (Å²) < 4.78 is 47.9. The van der Waals surface area contributed by atoms with E-state index in [4.69, 9.17) is 28.4 Å². The minimum absolute atomic E-state index is 0.00698. The zero-order valence-electron chi connectivity index (χ0n) is 37.0. The minimum atomic E-state index is -0.775. The van der Waals surface area contributed by atoms with Crippen molar-refractivity contribution in [3.8, 4) is 34.5 Å². The molecule has 0 atom stereocenters. The van der Waals surface area contributed by atoms with Crippen molar-refractivity contribution in [2.24, 2.45) is 0 Å². The molecule has 0 spiro atoms. The third-order valence-corrected chi connectivity index (χ3v) is 10.4. The van der Waals surface area contributed by atoms with Gasteiger partial charge in [-0.2, -0.15) is 0 Å². The summed E-state index contributed by atoms with van der Waals surface area (Å²) in [5.41, 5.74) is 0.726. The van der Waals surface area contributed by atoms with E-state index in [0.29, 0.717) is 24.5 Å². The SMILES string of the molecule is CCCCCCCCCCCCOc1ccc(C(=O)Oc2ccc(C(=O)Oc3cccc(OC(=O)c4ccc(OC(=O)c5ccc(OCCCCCCC)c(F)c5)cc4)c3)cc2)cc1. The largest absolute Gasteiger partial charge is 0.494 e. The Morgan fingerprint density at radius 3 is 1.17 bits per heavy atom. The molecule has 0 aliphatic heterocycles. The van der Waals surface area contributed by atoms with Crippen LogP contribution in [-0.2, 0) is 0 Å². The molecule has 0 saturated heterocycles. The normalized spacial score (nSPS) is 10.8. The average Bonchev–Trinajstić information content (AvgIpc) is 3.30. The van der Waals surface area contributed by atoms with Crippen molar-refractivity contribution in [2.75, 3.05) is 13.2 Å². The molecule has 0 aromatic heterocycles. The van der Waals surface area contributed by atoms with Crippen molar-refractivity contribution in [3.63, 3.8) is 0 Å². The van der Waals surface area contributed by atoms with E-state index >= 15 is 0 Å². The molecule has 338 valence electrons. The number of ether oxygens (including phenoxy) is 6. The molecule has 11 heteroatoms. The van der Waals surface area contributed by atoms with E-state index in [1.54, 1.807) is 30.3 Å². The second-order valence-corrected chi connectivity index (χ2v) is 15.5. The zero-order valence-corrected chi connectivity index (χ0v) is 37.0. The number of halogens is 1. The van der Waals surface area contributed by atoms with E-state index < -0.39 is 29.7 Å². The highest BCUT2D eigenvalue weighted by molar-refractivity contribution is 5.94. The predicted octanol–water partition coefficient (Wildman–Crippen LogP) is 13.4. The first kappa shape index (κ1) is 48.5. The van der Waals surface area contributed by atoms with Gasteiger partial charge in [-0.3, -0.25) is 0 Å². The van der Waals surface area contributed by atoms with Crippen LogP contribution < -0.4 is 28.4 Å². The number of esters is 4. The zero-order chi connectivity index (χ0) is 45.4. The van der Waals surface area contributed by atoms with E-state index in [0.717, 1.165) is 51.0 Å². The van der Waals surface area contributed by atoms with Gasteiger partial charge in [0.1, 0.15) is 28.7 Å². The van der Waals surface area contributed by atoms with E-state index in [1.807, 2.05) is 0 Å². The van der Waals surface area contributed by atoms with Crippen molar-refractivity contribution in [3.05, 3.63) is 143 Å². The summed E-state index contributed by atoms with van der Waals surface area (Å²) in [5.74, 6) is -1.98. The van der Waals surface area contributed by atoms with Crippen molar-refractivity contribution in [2.45, 2.75) is 110 Å². The van der Waals surface area contributed by atoms with Crippen LogP contribution in [0, 0.1) is 5.82 Å². The van der Waals surface area contributed by atoms with Gasteiger partial charge in [-0.15, -0.1) is 0 Å². The highest BCUT2D eigenvalue weighted by atomic mass is 19.1. The van der Waals surface area contributed by atoms with Crippen molar-refractivity contribution >= 4 is 23.9 Å². The van der Waals surface area contributed by atoms with Crippen molar-refractivity contribution < 1.29 is 52.0 Å². The van der Waals surface area contributed by atoms with Gasteiger partial charge in [0.25, 0.3) is 0 Å². The number of hydrogen-bond acceptors (Lipinski definition) is 10. The first-order valence-electron chi connectivity index (χ1n) is 22.6. The molecule has 0 heterocycles. The molecular formula is C53H59FO10. The minimum Gasteiger partial charge on any atom is -0.494 e.